The van der Waals surface area contributed by atoms with Gasteiger partial charge >= 0.3 is 5.69 Å². The molecule has 0 amide bonds. The zero-order valence-electron chi connectivity index (χ0n) is 45.0. The predicted molar refractivity (Wildman–Crippen MR) is 281 cm³/mol. The Labute approximate surface area is 410 Å². The van der Waals surface area contributed by atoms with E-state index in [9.17, 15) is 30.4 Å². The summed E-state index contributed by atoms with van der Waals surface area (Å²) >= 11 is 0. The maximum absolute atomic E-state index is 14.4. The first-order valence-electron chi connectivity index (χ1n) is 25.6. The lowest BCUT2D eigenvalue weighted by molar-refractivity contribution is -0.394. The number of ether oxygens (including phenoxy) is 2. The van der Waals surface area contributed by atoms with E-state index in [1.165, 1.54) is 44.7 Å². The summed E-state index contributed by atoms with van der Waals surface area (Å²) in [5.41, 5.74) is -0.222. The molecule has 0 bridgehead atoms. The van der Waals surface area contributed by atoms with Crippen LogP contribution in [0, 0.1) is 26.1 Å². The second kappa shape index (κ2) is 24.4. The van der Waals surface area contributed by atoms with Gasteiger partial charge in [0.2, 0.25) is 5.75 Å². The van der Waals surface area contributed by atoms with Crippen LogP contribution in [0.3, 0.4) is 0 Å². The van der Waals surface area contributed by atoms with Crippen LogP contribution >= 0.6 is 0 Å². The molecule has 0 saturated heterocycles. The van der Waals surface area contributed by atoms with Gasteiger partial charge in [-0.1, -0.05) is 175 Å². The van der Waals surface area contributed by atoms with Crippen LogP contribution in [0.5, 0.6) is 17.2 Å². The normalized spacial score (nSPS) is 13.4. The van der Waals surface area contributed by atoms with Crippen LogP contribution in [0.4, 0.5) is 11.4 Å². The van der Waals surface area contributed by atoms with Gasteiger partial charge in [-0.25, -0.2) is 0 Å². The molecule has 0 aromatic heterocycles. The molecule has 3 rings (SSSR count). The van der Waals surface area contributed by atoms with Gasteiger partial charge in [0.05, 0.1) is 35.2 Å². The van der Waals surface area contributed by atoms with E-state index in [0.717, 1.165) is 84.4 Å². The molecule has 380 valence electrons. The lowest BCUT2D eigenvalue weighted by Gasteiger charge is -2.41. The maximum Gasteiger partial charge on any atom is 0.318 e. The topological polar surface area (TPSA) is 158 Å². The van der Waals surface area contributed by atoms with Crippen LogP contribution in [0.1, 0.15) is 233 Å². The summed E-state index contributed by atoms with van der Waals surface area (Å²) in [6.07, 6.45) is 15.2. The number of nitrogens with zero attached hydrogens (tertiary/aromatic N) is 3. The minimum Gasteiger partial charge on any atom is -0.502 e. The molecule has 11 heteroatoms. The lowest BCUT2D eigenvalue weighted by atomic mass is 9.69. The zero-order valence-corrected chi connectivity index (χ0v) is 45.0. The van der Waals surface area contributed by atoms with E-state index in [-0.39, 0.29) is 11.5 Å². The molecule has 0 saturated carbocycles. The highest BCUT2D eigenvalue weighted by Gasteiger charge is 2.45. The number of phenolic OH excluding ortho intramolecular Hbond substituents is 1. The van der Waals surface area contributed by atoms with E-state index in [2.05, 4.69) is 121 Å². The smallest absolute Gasteiger partial charge is 0.318 e. The van der Waals surface area contributed by atoms with Gasteiger partial charge in [0.1, 0.15) is 17.1 Å². The van der Waals surface area contributed by atoms with Crippen LogP contribution in [0.15, 0.2) is 41.4 Å². The number of unbranched alkanes of at least 4 members (excludes halogenated alkanes) is 10. The van der Waals surface area contributed by atoms with Crippen molar-refractivity contribution in [3.8, 4) is 17.2 Å². The molecule has 11 nitrogen and oxygen atoms in total. The molecule has 2 N–H and O–H groups in total. The molecule has 0 aliphatic heterocycles. The summed E-state index contributed by atoms with van der Waals surface area (Å²) in [7, 11) is 0. The minimum absolute atomic E-state index is 0.0232. The Balaban J connectivity index is 2.58. The molecule has 0 radical (unpaired) electrons. The van der Waals surface area contributed by atoms with Crippen molar-refractivity contribution < 1.29 is 29.5 Å². The number of aromatic hydroxyl groups is 1. The number of phenols is 1. The number of aliphatic hydroxyl groups is 1. The largest absolute Gasteiger partial charge is 0.502 e. The van der Waals surface area contributed by atoms with Gasteiger partial charge in [-0.2, -0.15) is 0 Å². The van der Waals surface area contributed by atoms with E-state index in [1.807, 2.05) is 13.8 Å². The van der Waals surface area contributed by atoms with Crippen molar-refractivity contribution in [3.63, 3.8) is 0 Å². The third kappa shape index (κ3) is 15.5. The fourth-order valence-corrected chi connectivity index (χ4v) is 8.83. The predicted octanol–water partition coefficient (Wildman–Crippen LogP) is 15.6. The number of rotatable bonds is 25. The summed E-state index contributed by atoms with van der Waals surface area (Å²) < 4.78 is 13.7. The average molecular weight is 944 g/mol. The van der Waals surface area contributed by atoms with Gasteiger partial charge in [0.25, 0.3) is 5.69 Å². The first-order chi connectivity index (χ1) is 31.5. The van der Waals surface area contributed by atoms with Gasteiger partial charge in [-0.15, -0.1) is 0 Å². The second-order valence-electron chi connectivity index (χ2n) is 23.6. The third-order valence-corrected chi connectivity index (χ3v) is 12.9. The highest BCUT2D eigenvalue weighted by Crippen LogP contribution is 2.50. The van der Waals surface area contributed by atoms with Gasteiger partial charge < -0.3 is 19.7 Å². The van der Waals surface area contributed by atoms with Crippen molar-refractivity contribution in [1.29, 1.82) is 0 Å². The number of nitro groups is 2. The maximum atomic E-state index is 14.4. The lowest BCUT2D eigenvalue weighted by Crippen LogP contribution is -2.42. The highest BCUT2D eigenvalue weighted by molar-refractivity contribution is 5.87. The van der Waals surface area contributed by atoms with E-state index in [0.29, 0.717) is 30.8 Å². The Bertz CT molecular complexity index is 2000. The van der Waals surface area contributed by atoms with Crippen molar-refractivity contribution >= 4 is 17.6 Å². The molecule has 0 spiro atoms. The number of benzene rings is 3. The fourth-order valence-electron chi connectivity index (χ4n) is 8.83. The Hall–Kier alpha value is -4.51. The minimum atomic E-state index is -1.88. The summed E-state index contributed by atoms with van der Waals surface area (Å²) in [6.45, 7) is 35.5. The third-order valence-electron chi connectivity index (χ3n) is 12.9. The van der Waals surface area contributed by atoms with Crippen LogP contribution in [-0.4, -0.2) is 45.5 Å². The van der Waals surface area contributed by atoms with Crippen molar-refractivity contribution in [1.82, 2.24) is 0 Å². The standard InChI is InChI=1S/C57H89N3O8/c1-17-19-21-23-25-27-29-67-51-44(53(5,6)7)33-41(34-45(51)54(8,9)10)57(62,49(31-39(3)4)58-38-40-32-43(59(63)64)37-48(50(40)61)60(65)66)42-35-46(55(11,12)13)52(47(36-42)56(14,15)16)68-30-28-26-24-22-20-18-2/h32-39,49,61-62H,17-31H2,1-16H3. The van der Waals surface area contributed by atoms with Crippen molar-refractivity contribution in [3.05, 3.63) is 95.6 Å². The first-order valence-corrected chi connectivity index (χ1v) is 25.6. The van der Waals surface area contributed by atoms with Gasteiger partial charge in [0.15, 0.2) is 0 Å². The molecule has 0 aliphatic carbocycles. The number of hydrogen-bond donors (Lipinski definition) is 2. The molecular weight excluding hydrogens is 855 g/mol. The molecule has 3 aromatic rings. The number of hydrogen-bond acceptors (Lipinski definition) is 9. The Morgan fingerprint density at radius 1 is 0.588 bits per heavy atom. The Morgan fingerprint density at radius 2 is 0.956 bits per heavy atom. The van der Waals surface area contributed by atoms with E-state index < -0.39 is 60.3 Å². The summed E-state index contributed by atoms with van der Waals surface area (Å²) in [5.74, 6) is 0.855. The average Bonchev–Trinajstić information content (AvgIpc) is 3.22. The first kappa shape index (κ1) is 57.8. The van der Waals surface area contributed by atoms with Crippen molar-refractivity contribution in [2.75, 3.05) is 13.2 Å². The summed E-state index contributed by atoms with van der Waals surface area (Å²) in [6, 6.07) is 9.13. The fraction of sp³-hybridized carbons (Fsp3) is 0.667. The SMILES string of the molecule is CCCCCCCCOc1c(C(C)(C)C)cc(C(O)(c2cc(C(C)(C)C)c(OCCCCCCCC)c(C(C)(C)C)c2)C(CC(C)C)N=Cc2cc([N+](=O)[O-])cc([N+](=O)[O-])c2O)cc1C(C)(C)C. The number of aliphatic imine (C=N–C) groups is 1. The Kier molecular flexibility index (Phi) is 20.7. The molecule has 3 aromatic carbocycles. The van der Waals surface area contributed by atoms with Crippen LogP contribution < -0.4 is 9.47 Å². The van der Waals surface area contributed by atoms with E-state index >= 15 is 0 Å². The number of nitro benzene ring substituents is 2. The van der Waals surface area contributed by atoms with E-state index in [4.69, 9.17) is 14.5 Å². The van der Waals surface area contributed by atoms with Gasteiger partial charge in [-0.05, 0) is 82.2 Å². The van der Waals surface area contributed by atoms with Crippen molar-refractivity contribution in [2.45, 2.75) is 228 Å². The Morgan fingerprint density at radius 3 is 1.28 bits per heavy atom. The van der Waals surface area contributed by atoms with Crippen LogP contribution in [0.25, 0.3) is 0 Å². The molecule has 1 unspecified atom stereocenters. The molecule has 68 heavy (non-hydrogen) atoms. The highest BCUT2D eigenvalue weighted by atomic mass is 16.6. The molecular formula is C57H89N3O8. The quantitative estimate of drug-likeness (QED) is 0.0368. The summed E-state index contributed by atoms with van der Waals surface area (Å²) in [5, 5.41) is 49.7. The van der Waals surface area contributed by atoms with Crippen molar-refractivity contribution in [2.24, 2.45) is 10.9 Å². The van der Waals surface area contributed by atoms with Gasteiger partial charge in [-0.3, -0.25) is 25.2 Å². The zero-order chi connectivity index (χ0) is 51.4. The second-order valence-corrected chi connectivity index (χ2v) is 23.6. The summed E-state index contributed by atoms with van der Waals surface area (Å²) in [4.78, 5) is 27.6. The molecule has 1 atom stereocenters. The van der Waals surface area contributed by atoms with Gasteiger partial charge in [0, 0.05) is 40.1 Å². The number of non-ortho nitro benzene ring substituents is 1. The van der Waals surface area contributed by atoms with E-state index in [1.54, 1.807) is 0 Å². The molecule has 0 fully saturated rings. The molecule has 0 heterocycles. The molecule has 0 aliphatic rings. The van der Waals surface area contributed by atoms with Crippen LogP contribution in [-0.2, 0) is 27.3 Å². The van der Waals surface area contributed by atoms with Crippen LogP contribution in [0.2, 0.25) is 0 Å². The monoisotopic (exact) mass is 944 g/mol.